The standard InChI is InChI=1S/C12H13N3O3/c1-12(2)7-11(16)13-14(12)8-9-5-3-4-6-10(9)15(17)18/h3-6,8H,7H2,1-2H3/p+1/b14-8-. The average Bonchev–Trinajstić information content (AvgIpc) is 2.52. The van der Waals surface area contributed by atoms with E-state index in [0.717, 1.165) is 0 Å². The number of hydrogen-bond acceptors (Lipinski definition) is 3. The molecule has 1 aliphatic rings. The SMILES string of the molecule is CC1(C)CC(=O)N/[N+]1=C\c1ccccc1[N+](=O)[O-]. The molecule has 0 spiro atoms. The minimum atomic E-state index is -0.434. The lowest BCUT2D eigenvalue weighted by Crippen LogP contribution is -2.36. The van der Waals surface area contributed by atoms with Crippen LogP contribution >= 0.6 is 0 Å². The first-order valence-corrected chi connectivity index (χ1v) is 5.57. The van der Waals surface area contributed by atoms with Gasteiger partial charge >= 0.3 is 0 Å². The largest absolute Gasteiger partial charge is 0.282 e. The minimum Gasteiger partial charge on any atom is -0.269 e. The third kappa shape index (κ3) is 2.22. The van der Waals surface area contributed by atoms with Crippen LogP contribution in [0.15, 0.2) is 24.3 Å². The van der Waals surface area contributed by atoms with Gasteiger partial charge in [-0.25, -0.2) is 0 Å². The van der Waals surface area contributed by atoms with E-state index in [2.05, 4.69) is 5.43 Å². The lowest BCUT2D eigenvalue weighted by Gasteiger charge is -2.09. The third-order valence-electron chi connectivity index (χ3n) is 2.89. The van der Waals surface area contributed by atoms with Crippen LogP contribution in [0.4, 0.5) is 5.69 Å². The highest BCUT2D eigenvalue weighted by Gasteiger charge is 2.42. The van der Waals surface area contributed by atoms with Gasteiger partial charge in [-0.3, -0.25) is 14.9 Å². The number of nitrogens with zero attached hydrogens (tertiary/aromatic N) is 2. The Balaban J connectivity index is 2.45. The number of carbonyl (C=O) groups excluding carboxylic acids is 1. The van der Waals surface area contributed by atoms with Crippen molar-refractivity contribution < 1.29 is 14.4 Å². The van der Waals surface area contributed by atoms with Gasteiger partial charge in [0.2, 0.25) is 6.21 Å². The van der Waals surface area contributed by atoms with Crippen LogP contribution in [0.5, 0.6) is 0 Å². The number of carbonyl (C=O) groups is 1. The number of nitro groups is 1. The van der Waals surface area contributed by atoms with E-state index in [1.54, 1.807) is 29.1 Å². The molecule has 1 heterocycles. The zero-order chi connectivity index (χ0) is 13.3. The summed E-state index contributed by atoms with van der Waals surface area (Å²) in [7, 11) is 0. The smallest absolute Gasteiger partial charge is 0.269 e. The highest BCUT2D eigenvalue weighted by molar-refractivity contribution is 5.84. The quantitative estimate of drug-likeness (QED) is 0.486. The Morgan fingerprint density at radius 3 is 2.67 bits per heavy atom. The molecule has 6 heteroatoms. The molecule has 1 fully saturated rings. The van der Waals surface area contributed by atoms with Crippen molar-refractivity contribution >= 4 is 17.8 Å². The van der Waals surface area contributed by atoms with Crippen LogP contribution in [0.1, 0.15) is 25.8 Å². The van der Waals surface area contributed by atoms with E-state index in [1.165, 1.54) is 6.07 Å². The number of hydrazine groups is 1. The second-order valence-electron chi connectivity index (χ2n) is 4.84. The average molecular weight is 248 g/mol. The van der Waals surface area contributed by atoms with Gasteiger partial charge in [-0.05, 0) is 6.07 Å². The van der Waals surface area contributed by atoms with Crippen molar-refractivity contribution in [3.63, 3.8) is 0 Å². The molecule has 18 heavy (non-hydrogen) atoms. The fourth-order valence-corrected chi connectivity index (χ4v) is 1.91. The molecule has 0 aliphatic carbocycles. The molecule has 0 bridgehead atoms. The van der Waals surface area contributed by atoms with E-state index >= 15 is 0 Å². The molecule has 94 valence electrons. The summed E-state index contributed by atoms with van der Waals surface area (Å²) in [5.74, 6) is -0.0881. The Morgan fingerprint density at radius 1 is 1.44 bits per heavy atom. The maximum absolute atomic E-state index is 11.4. The highest BCUT2D eigenvalue weighted by Crippen LogP contribution is 2.20. The van der Waals surface area contributed by atoms with Crippen LogP contribution in [0.25, 0.3) is 0 Å². The van der Waals surface area contributed by atoms with Crippen molar-refractivity contribution in [1.29, 1.82) is 0 Å². The molecule has 0 atom stereocenters. The Labute approximate surface area is 104 Å². The van der Waals surface area contributed by atoms with Gasteiger partial charge < -0.3 is 0 Å². The molecule has 1 saturated heterocycles. The Kier molecular flexibility index (Phi) is 2.86. The van der Waals surface area contributed by atoms with Gasteiger partial charge in [0.05, 0.1) is 11.3 Å². The van der Waals surface area contributed by atoms with E-state index < -0.39 is 4.92 Å². The lowest BCUT2D eigenvalue weighted by molar-refractivity contribution is -0.620. The second-order valence-corrected chi connectivity index (χ2v) is 4.84. The van der Waals surface area contributed by atoms with Crippen molar-refractivity contribution in [2.75, 3.05) is 0 Å². The maximum Gasteiger partial charge on any atom is 0.282 e. The Bertz CT molecular complexity index is 549. The molecule has 1 amide bonds. The molecular formula is C12H14N3O3+. The summed E-state index contributed by atoms with van der Waals surface area (Å²) >= 11 is 0. The van der Waals surface area contributed by atoms with Crippen LogP contribution < -0.4 is 5.43 Å². The minimum absolute atomic E-state index is 0.0226. The molecule has 1 aromatic carbocycles. The van der Waals surface area contributed by atoms with Crippen LogP contribution in [0.3, 0.4) is 0 Å². The van der Waals surface area contributed by atoms with Crippen molar-refractivity contribution in [3.05, 3.63) is 39.9 Å². The summed E-state index contributed by atoms with van der Waals surface area (Å²) < 4.78 is 1.62. The monoisotopic (exact) mass is 248 g/mol. The molecule has 0 saturated carbocycles. The predicted octanol–water partition coefficient (Wildman–Crippen LogP) is 1.24. The lowest BCUT2D eigenvalue weighted by atomic mass is 10.0. The molecule has 0 radical (unpaired) electrons. The topological polar surface area (TPSA) is 75.2 Å². The number of nitro benzene ring substituents is 1. The molecular weight excluding hydrogens is 234 g/mol. The van der Waals surface area contributed by atoms with Crippen LogP contribution in [-0.2, 0) is 4.79 Å². The van der Waals surface area contributed by atoms with Gasteiger partial charge in [0, 0.05) is 19.9 Å². The van der Waals surface area contributed by atoms with Crippen LogP contribution in [0.2, 0.25) is 0 Å². The summed E-state index contributed by atoms with van der Waals surface area (Å²) in [4.78, 5) is 21.8. The van der Waals surface area contributed by atoms with Crippen molar-refractivity contribution in [2.24, 2.45) is 0 Å². The first-order chi connectivity index (χ1) is 8.40. The van der Waals surface area contributed by atoms with Crippen LogP contribution in [-0.4, -0.2) is 27.3 Å². The number of hydrazone groups is 1. The van der Waals surface area contributed by atoms with E-state index in [9.17, 15) is 14.9 Å². The fourth-order valence-electron chi connectivity index (χ4n) is 1.91. The molecule has 1 N–H and O–H groups in total. The molecule has 0 aromatic heterocycles. The number of nitrogens with one attached hydrogen (secondary N) is 1. The predicted molar refractivity (Wildman–Crippen MR) is 65.4 cm³/mol. The number of hydrogen-bond donors (Lipinski definition) is 1. The van der Waals surface area contributed by atoms with Gasteiger partial charge in [-0.2, -0.15) is 0 Å². The zero-order valence-corrected chi connectivity index (χ0v) is 10.2. The number of amides is 1. The van der Waals surface area contributed by atoms with E-state index in [-0.39, 0.29) is 17.1 Å². The zero-order valence-electron chi connectivity index (χ0n) is 10.2. The highest BCUT2D eigenvalue weighted by atomic mass is 16.6. The van der Waals surface area contributed by atoms with Crippen molar-refractivity contribution in [3.8, 4) is 0 Å². The summed E-state index contributed by atoms with van der Waals surface area (Å²) in [6, 6.07) is 6.43. The summed E-state index contributed by atoms with van der Waals surface area (Å²) in [6.45, 7) is 3.80. The third-order valence-corrected chi connectivity index (χ3v) is 2.89. The van der Waals surface area contributed by atoms with E-state index in [0.29, 0.717) is 12.0 Å². The summed E-state index contributed by atoms with van der Waals surface area (Å²) in [5, 5.41) is 10.9. The molecule has 6 nitrogen and oxygen atoms in total. The second kappa shape index (κ2) is 4.21. The van der Waals surface area contributed by atoms with Gasteiger partial charge in [-0.1, -0.05) is 12.1 Å². The van der Waals surface area contributed by atoms with E-state index in [4.69, 9.17) is 0 Å². The van der Waals surface area contributed by atoms with Crippen molar-refractivity contribution in [1.82, 2.24) is 5.43 Å². The summed E-state index contributed by atoms with van der Waals surface area (Å²) in [6.07, 6.45) is 1.97. The molecule has 2 rings (SSSR count). The van der Waals surface area contributed by atoms with Gasteiger partial charge in [0.25, 0.3) is 11.6 Å². The first kappa shape index (κ1) is 12.2. The van der Waals surface area contributed by atoms with Crippen molar-refractivity contribution in [2.45, 2.75) is 25.8 Å². The fraction of sp³-hybridized carbons (Fsp3) is 0.333. The number of benzene rings is 1. The summed E-state index contributed by atoms with van der Waals surface area (Å²) in [5.41, 5.74) is 2.78. The molecule has 1 aromatic rings. The van der Waals surface area contributed by atoms with Gasteiger partial charge in [-0.15, -0.1) is 10.1 Å². The maximum atomic E-state index is 11.4. The van der Waals surface area contributed by atoms with Crippen LogP contribution in [0, 0.1) is 10.1 Å². The molecule has 0 unspecified atom stereocenters. The molecule has 1 aliphatic heterocycles. The van der Waals surface area contributed by atoms with Gasteiger partial charge in [0.1, 0.15) is 5.56 Å². The Hall–Kier alpha value is -2.24. The number of para-hydroxylation sites is 1. The van der Waals surface area contributed by atoms with E-state index in [1.807, 2.05) is 13.8 Å². The van der Waals surface area contributed by atoms with Gasteiger partial charge in [0.15, 0.2) is 5.54 Å². The first-order valence-electron chi connectivity index (χ1n) is 5.57. The Morgan fingerprint density at radius 2 is 2.11 bits per heavy atom. The normalized spacial score (nSPS) is 19.9. The number of rotatable bonds is 2.